The van der Waals surface area contributed by atoms with Crippen molar-refractivity contribution in [1.82, 2.24) is 4.90 Å². The number of amides is 1. The minimum Gasteiger partial charge on any atom is -0.505 e. The molecule has 0 aliphatic heterocycles. The number of phenols is 1. The number of hydrogen-bond donors (Lipinski definition) is 3. The van der Waals surface area contributed by atoms with Crippen molar-refractivity contribution in [2.75, 3.05) is 24.7 Å². The predicted molar refractivity (Wildman–Crippen MR) is 118 cm³/mol. The third-order valence-corrected chi connectivity index (χ3v) is 4.78. The Morgan fingerprint density at radius 3 is 2.21 bits per heavy atom. The molecule has 0 saturated carbocycles. The van der Waals surface area contributed by atoms with Gasteiger partial charge in [-0.2, -0.15) is 0 Å². The zero-order valence-electron chi connectivity index (χ0n) is 16.7. The molecule has 0 atom stereocenters. The second-order valence-electron chi connectivity index (χ2n) is 7.55. The van der Waals surface area contributed by atoms with Crippen LogP contribution in [-0.4, -0.2) is 30.0 Å². The van der Waals surface area contributed by atoms with Crippen molar-refractivity contribution in [2.45, 2.75) is 19.4 Å². The Bertz CT molecular complexity index is 1140. The fourth-order valence-electron chi connectivity index (χ4n) is 3.06. The molecular formula is C22H27N3O4. The summed E-state index contributed by atoms with van der Waals surface area (Å²) in [5.41, 5.74) is -0.499. The molecule has 0 heterocycles. The molecule has 0 radical (unpaired) electrons. The van der Waals surface area contributed by atoms with E-state index in [1.54, 1.807) is 20.2 Å². The van der Waals surface area contributed by atoms with Crippen molar-refractivity contribution in [3.8, 4) is 5.75 Å². The monoisotopic (exact) mass is 397 g/mol. The van der Waals surface area contributed by atoms with Crippen LogP contribution in [0.1, 0.15) is 32.6 Å². The summed E-state index contributed by atoms with van der Waals surface area (Å²) in [6.45, 7) is 3.80. The molecule has 7 heteroatoms. The quantitative estimate of drug-likeness (QED) is 0.436. The molecule has 0 aliphatic rings. The van der Waals surface area contributed by atoms with Gasteiger partial charge in [-0.15, -0.1) is 0 Å². The fourth-order valence-corrected chi connectivity index (χ4v) is 3.06. The van der Waals surface area contributed by atoms with E-state index < -0.39 is 16.4 Å². The van der Waals surface area contributed by atoms with E-state index in [0.717, 1.165) is 5.56 Å². The van der Waals surface area contributed by atoms with Crippen LogP contribution < -0.4 is 21.5 Å². The number of hydrogen-bond acceptors (Lipinski definition) is 6. The van der Waals surface area contributed by atoms with Crippen molar-refractivity contribution in [1.29, 1.82) is 0 Å². The number of rotatable bonds is 6. The van der Waals surface area contributed by atoms with Gasteiger partial charge in [-0.1, -0.05) is 36.4 Å². The van der Waals surface area contributed by atoms with Gasteiger partial charge in [0.05, 0.1) is 16.8 Å². The minimum absolute atomic E-state index is 0. The summed E-state index contributed by atoms with van der Waals surface area (Å²) in [5.74, 6) is -0.660. The number of phenolic OH excluding ortho intramolecular Hbond substituents is 1. The highest BCUT2D eigenvalue weighted by Crippen LogP contribution is 2.33. The van der Waals surface area contributed by atoms with Gasteiger partial charge in [0.2, 0.25) is 0 Å². The van der Waals surface area contributed by atoms with Crippen LogP contribution >= 0.6 is 0 Å². The number of carbonyl (C=O) groups excluding carboxylic acids is 1. The number of nitrogens with zero attached hydrogens (tertiary/aromatic N) is 1. The summed E-state index contributed by atoms with van der Waals surface area (Å²) in [5, 5.41) is 16.4. The van der Waals surface area contributed by atoms with Crippen LogP contribution in [0, 0.1) is 0 Å². The molecule has 7 nitrogen and oxygen atoms in total. The first kappa shape index (κ1) is 20.1. The summed E-state index contributed by atoms with van der Waals surface area (Å²) >= 11 is 0. The number of aromatic hydroxyl groups is 1. The number of benzene rings is 2. The van der Waals surface area contributed by atoms with Crippen molar-refractivity contribution < 1.29 is 12.8 Å². The third kappa shape index (κ3) is 3.71. The fraction of sp³-hybridized carbons (Fsp3) is 0.227. The highest BCUT2D eigenvalue weighted by Gasteiger charge is 2.29. The summed E-state index contributed by atoms with van der Waals surface area (Å²) in [6.07, 6.45) is 0. The molecule has 0 spiro atoms. The second-order valence-corrected chi connectivity index (χ2v) is 7.55. The van der Waals surface area contributed by atoms with Crippen molar-refractivity contribution in [3.63, 3.8) is 0 Å². The van der Waals surface area contributed by atoms with Gasteiger partial charge in [-0.3, -0.25) is 14.4 Å². The van der Waals surface area contributed by atoms with Crippen LogP contribution in [0.15, 0.2) is 58.1 Å². The maximum absolute atomic E-state index is 12.2. The van der Waals surface area contributed by atoms with Gasteiger partial charge in [-0.25, -0.2) is 0 Å². The van der Waals surface area contributed by atoms with Gasteiger partial charge in [0.15, 0.2) is 5.75 Å². The van der Waals surface area contributed by atoms with Gasteiger partial charge in [0.25, 0.3) is 16.8 Å². The molecule has 0 unspecified atom stereocenters. The average molecular weight is 397 g/mol. The van der Waals surface area contributed by atoms with E-state index >= 15 is 0 Å². The van der Waals surface area contributed by atoms with E-state index in [1.165, 1.54) is 17.0 Å². The van der Waals surface area contributed by atoms with E-state index in [-0.39, 0.29) is 37.1 Å². The van der Waals surface area contributed by atoms with E-state index in [0.29, 0.717) is 0 Å². The minimum atomic E-state index is -0.680. The number of nitrogens with one attached hydrogen (secondary N) is 2. The maximum atomic E-state index is 12.2. The van der Waals surface area contributed by atoms with E-state index in [1.807, 2.05) is 44.2 Å². The first-order valence-corrected chi connectivity index (χ1v) is 9.11. The van der Waals surface area contributed by atoms with Crippen molar-refractivity contribution in [2.24, 2.45) is 0 Å². The Hall–Kier alpha value is -3.61. The molecule has 3 rings (SSSR count). The van der Waals surface area contributed by atoms with Gasteiger partial charge < -0.3 is 20.6 Å². The van der Waals surface area contributed by atoms with Crippen LogP contribution in [0.25, 0.3) is 0 Å². The summed E-state index contributed by atoms with van der Waals surface area (Å²) in [4.78, 5) is 37.9. The number of carbonyl (C=O) groups is 1. The number of para-hydroxylation sites is 1. The predicted octanol–water partition coefficient (Wildman–Crippen LogP) is 3.27. The van der Waals surface area contributed by atoms with Crippen molar-refractivity contribution in [3.05, 3.63) is 80.1 Å². The first-order valence-electron chi connectivity index (χ1n) is 9.11. The lowest BCUT2D eigenvalue weighted by molar-refractivity contribution is 0.0824. The molecule has 0 aliphatic carbocycles. The van der Waals surface area contributed by atoms with Gasteiger partial charge in [0, 0.05) is 16.9 Å². The number of anilines is 3. The second kappa shape index (κ2) is 7.43. The van der Waals surface area contributed by atoms with Crippen LogP contribution in [0.3, 0.4) is 0 Å². The molecule has 29 heavy (non-hydrogen) atoms. The van der Waals surface area contributed by atoms with Crippen LogP contribution in [0.4, 0.5) is 17.1 Å². The van der Waals surface area contributed by atoms with Gasteiger partial charge >= 0.3 is 0 Å². The highest BCUT2D eigenvalue weighted by atomic mass is 16.3. The van der Waals surface area contributed by atoms with E-state index in [2.05, 4.69) is 10.6 Å². The zero-order chi connectivity index (χ0) is 21.3. The van der Waals surface area contributed by atoms with Crippen molar-refractivity contribution >= 4 is 23.0 Å². The topological polar surface area (TPSA) is 98.7 Å². The molecule has 3 aromatic rings. The Balaban J connectivity index is 0.00000240. The highest BCUT2D eigenvalue weighted by molar-refractivity contribution is 5.99. The molecule has 154 valence electrons. The van der Waals surface area contributed by atoms with Gasteiger partial charge in [-0.05, 0) is 31.5 Å². The lowest BCUT2D eigenvalue weighted by atomic mass is 9.93. The Morgan fingerprint density at radius 1 is 0.966 bits per heavy atom. The normalized spacial score (nSPS) is 11.3. The smallest absolute Gasteiger partial charge is 0.257 e. The molecule has 0 saturated heterocycles. The summed E-state index contributed by atoms with van der Waals surface area (Å²) in [6, 6.07) is 14.1. The van der Waals surface area contributed by atoms with E-state index in [9.17, 15) is 19.5 Å². The van der Waals surface area contributed by atoms with Crippen LogP contribution in [0.5, 0.6) is 5.75 Å². The molecule has 1 amide bonds. The summed E-state index contributed by atoms with van der Waals surface area (Å²) in [7, 11) is 3.15. The molecule has 3 N–H and O–H groups in total. The van der Waals surface area contributed by atoms with E-state index in [4.69, 9.17) is 0 Å². The van der Waals surface area contributed by atoms with Gasteiger partial charge in [0.1, 0.15) is 11.4 Å². The third-order valence-electron chi connectivity index (χ3n) is 4.78. The Labute approximate surface area is 171 Å². The van der Waals surface area contributed by atoms with Crippen LogP contribution in [0.2, 0.25) is 0 Å². The zero-order valence-corrected chi connectivity index (χ0v) is 16.7. The molecular weight excluding hydrogens is 370 g/mol. The molecule has 0 fully saturated rings. The lowest BCUT2D eigenvalue weighted by Gasteiger charge is -2.30. The Morgan fingerprint density at radius 2 is 1.59 bits per heavy atom. The molecule has 0 aromatic heterocycles. The van der Waals surface area contributed by atoms with Crippen LogP contribution in [-0.2, 0) is 5.54 Å². The largest absolute Gasteiger partial charge is 0.505 e. The molecule has 0 bridgehead atoms. The first-order chi connectivity index (χ1) is 13.6. The average Bonchev–Trinajstić information content (AvgIpc) is 2.71. The SMILES string of the molecule is CN(C)C(=O)c1cccc(Nc2c(NC(C)(C)c3ccccc3)c(=O)c2=O)c1O.[HH].[HH]. The standard InChI is InChI=1S/C22H23N3O4.2H2/c1-22(2,13-9-6-5-7-10-13)24-17-16(19(27)20(17)28)23-15-12-8-11-14(18(15)26)21(29)25(3)4;;/h5-12,23-24,26H,1-4H3;2*1H. The maximum Gasteiger partial charge on any atom is 0.257 e. The lowest BCUT2D eigenvalue weighted by Crippen LogP contribution is -2.41. The summed E-state index contributed by atoms with van der Waals surface area (Å²) < 4.78 is 0. The Kier molecular flexibility index (Phi) is 5.16. The molecule has 3 aromatic carbocycles.